The molecule has 0 aromatic heterocycles. The van der Waals surface area contributed by atoms with Gasteiger partial charge in [-0.2, -0.15) is 0 Å². The monoisotopic (exact) mass is 233 g/mol. The van der Waals surface area contributed by atoms with Crippen LogP contribution in [-0.4, -0.2) is 30.4 Å². The molecule has 0 aliphatic rings. The average Bonchev–Trinajstić information content (AvgIpc) is 2.36. The second-order valence-electron chi connectivity index (χ2n) is 3.40. The molecular formula is C13H15NO3. The Morgan fingerprint density at radius 3 is 2.65 bits per heavy atom. The maximum Gasteiger partial charge on any atom is 0.410 e. The van der Waals surface area contributed by atoms with Gasteiger partial charge in [-0.1, -0.05) is 43.0 Å². The van der Waals surface area contributed by atoms with E-state index in [0.717, 1.165) is 5.56 Å². The van der Waals surface area contributed by atoms with E-state index in [0.29, 0.717) is 12.8 Å². The molecule has 0 aliphatic heterocycles. The second-order valence-corrected chi connectivity index (χ2v) is 3.40. The van der Waals surface area contributed by atoms with Crippen molar-refractivity contribution < 1.29 is 14.3 Å². The largest absolute Gasteiger partial charge is 0.445 e. The summed E-state index contributed by atoms with van der Waals surface area (Å²) in [6.07, 6.45) is 1.65. The summed E-state index contributed by atoms with van der Waals surface area (Å²) < 4.78 is 4.89. The number of carbonyl (C=O) groups is 2. The Morgan fingerprint density at radius 2 is 2.06 bits per heavy atom. The van der Waals surface area contributed by atoms with E-state index in [9.17, 15) is 9.59 Å². The van der Waals surface area contributed by atoms with Crippen LogP contribution < -0.4 is 0 Å². The normalized spacial score (nSPS) is 9.41. The van der Waals surface area contributed by atoms with Crippen LogP contribution in [0.3, 0.4) is 0 Å². The van der Waals surface area contributed by atoms with E-state index in [4.69, 9.17) is 4.74 Å². The number of benzene rings is 1. The minimum absolute atomic E-state index is 0.0187. The first kappa shape index (κ1) is 13.0. The maximum atomic E-state index is 11.6. The molecule has 0 spiro atoms. The molecule has 0 bridgehead atoms. The van der Waals surface area contributed by atoms with Crippen molar-refractivity contribution in [2.75, 3.05) is 13.2 Å². The minimum atomic E-state index is -0.513. The summed E-state index contributed by atoms with van der Waals surface area (Å²) >= 11 is 0. The fourth-order valence-electron chi connectivity index (χ4n) is 1.32. The number of nitrogens with zero attached hydrogens (tertiary/aromatic N) is 1. The van der Waals surface area contributed by atoms with Crippen LogP contribution in [0.1, 0.15) is 5.56 Å². The molecule has 0 fully saturated rings. The average molecular weight is 233 g/mol. The first-order valence-corrected chi connectivity index (χ1v) is 5.28. The van der Waals surface area contributed by atoms with Crippen molar-refractivity contribution in [3.63, 3.8) is 0 Å². The third-order valence-electron chi connectivity index (χ3n) is 2.09. The van der Waals surface area contributed by atoms with Gasteiger partial charge in [-0.3, -0.25) is 4.90 Å². The van der Waals surface area contributed by atoms with Crippen LogP contribution in [0.4, 0.5) is 4.79 Å². The van der Waals surface area contributed by atoms with Gasteiger partial charge in [-0.25, -0.2) is 4.79 Å². The SMILES string of the molecule is C=CCOC(=O)N(CC=O)Cc1ccccc1. The zero-order chi connectivity index (χ0) is 12.5. The Labute approximate surface area is 100 Å². The molecule has 4 heteroatoms. The summed E-state index contributed by atoms with van der Waals surface area (Å²) in [5.74, 6) is 0. The highest BCUT2D eigenvalue weighted by atomic mass is 16.6. The molecule has 0 saturated carbocycles. The van der Waals surface area contributed by atoms with Crippen molar-refractivity contribution in [3.8, 4) is 0 Å². The van der Waals surface area contributed by atoms with Gasteiger partial charge >= 0.3 is 6.09 Å². The van der Waals surface area contributed by atoms with Crippen LogP contribution in [0.15, 0.2) is 43.0 Å². The van der Waals surface area contributed by atoms with E-state index in [1.165, 1.54) is 11.0 Å². The predicted octanol–water partition coefficient (Wildman–Crippen LogP) is 2.01. The minimum Gasteiger partial charge on any atom is -0.445 e. The topological polar surface area (TPSA) is 46.6 Å². The number of carbonyl (C=O) groups excluding carboxylic acids is 2. The highest BCUT2D eigenvalue weighted by molar-refractivity contribution is 5.71. The van der Waals surface area contributed by atoms with Gasteiger partial charge in [0.2, 0.25) is 0 Å². The molecule has 0 heterocycles. The smallest absolute Gasteiger partial charge is 0.410 e. The summed E-state index contributed by atoms with van der Waals surface area (Å²) in [5.41, 5.74) is 0.949. The lowest BCUT2D eigenvalue weighted by molar-refractivity contribution is -0.108. The molecule has 1 aromatic rings. The van der Waals surface area contributed by atoms with E-state index < -0.39 is 6.09 Å². The van der Waals surface area contributed by atoms with Crippen molar-refractivity contribution in [2.24, 2.45) is 0 Å². The second kappa shape index (κ2) is 7.22. The Morgan fingerprint density at radius 1 is 1.35 bits per heavy atom. The molecule has 0 N–H and O–H groups in total. The summed E-state index contributed by atoms with van der Waals surface area (Å²) in [7, 11) is 0. The molecule has 0 radical (unpaired) electrons. The molecule has 1 rings (SSSR count). The number of aldehydes is 1. The predicted molar refractivity (Wildman–Crippen MR) is 64.5 cm³/mol. The van der Waals surface area contributed by atoms with Gasteiger partial charge in [0.05, 0.1) is 6.54 Å². The maximum absolute atomic E-state index is 11.6. The molecule has 0 saturated heterocycles. The highest BCUT2D eigenvalue weighted by Gasteiger charge is 2.14. The van der Waals surface area contributed by atoms with Crippen molar-refractivity contribution >= 4 is 12.4 Å². The molecule has 4 nitrogen and oxygen atoms in total. The quantitative estimate of drug-likeness (QED) is 0.557. The van der Waals surface area contributed by atoms with Crippen LogP contribution in [0.25, 0.3) is 0 Å². The van der Waals surface area contributed by atoms with Gasteiger partial charge in [-0.15, -0.1) is 0 Å². The Kier molecular flexibility index (Phi) is 5.51. The summed E-state index contributed by atoms with van der Waals surface area (Å²) in [4.78, 5) is 23.4. The van der Waals surface area contributed by atoms with Crippen molar-refractivity contribution in [1.29, 1.82) is 0 Å². The fraction of sp³-hybridized carbons (Fsp3) is 0.231. The van der Waals surface area contributed by atoms with Crippen molar-refractivity contribution in [3.05, 3.63) is 48.6 Å². The van der Waals surface area contributed by atoms with Crippen LogP contribution >= 0.6 is 0 Å². The molecule has 1 amide bonds. The van der Waals surface area contributed by atoms with Crippen LogP contribution in [0, 0.1) is 0 Å². The summed E-state index contributed by atoms with van der Waals surface area (Å²) in [5, 5.41) is 0. The third kappa shape index (κ3) is 4.51. The van der Waals surface area contributed by atoms with Crippen LogP contribution in [-0.2, 0) is 16.1 Å². The number of hydrogen-bond donors (Lipinski definition) is 0. The van der Waals surface area contributed by atoms with Gasteiger partial charge in [0.25, 0.3) is 0 Å². The number of rotatable bonds is 6. The van der Waals surface area contributed by atoms with E-state index in [1.807, 2.05) is 30.3 Å². The first-order valence-electron chi connectivity index (χ1n) is 5.28. The first-order chi connectivity index (χ1) is 8.27. The van der Waals surface area contributed by atoms with Crippen molar-refractivity contribution in [1.82, 2.24) is 4.90 Å². The summed E-state index contributed by atoms with van der Waals surface area (Å²) in [6, 6.07) is 9.42. The molecule has 0 unspecified atom stereocenters. The molecule has 1 aromatic carbocycles. The molecule has 0 atom stereocenters. The molecule has 90 valence electrons. The van der Waals surface area contributed by atoms with Crippen LogP contribution in [0.2, 0.25) is 0 Å². The van der Waals surface area contributed by atoms with Gasteiger partial charge in [0, 0.05) is 6.54 Å². The Hall–Kier alpha value is -2.10. The lowest BCUT2D eigenvalue weighted by atomic mass is 10.2. The van der Waals surface area contributed by atoms with Gasteiger partial charge < -0.3 is 9.53 Å². The van der Waals surface area contributed by atoms with E-state index in [2.05, 4.69) is 6.58 Å². The van der Waals surface area contributed by atoms with E-state index in [1.54, 1.807) is 0 Å². The standard InChI is InChI=1S/C13H15NO3/c1-2-10-17-13(16)14(8-9-15)11-12-6-4-3-5-7-12/h2-7,9H,1,8,10-11H2. The van der Waals surface area contributed by atoms with Gasteiger partial charge in [-0.05, 0) is 5.56 Å². The highest BCUT2D eigenvalue weighted by Crippen LogP contribution is 2.05. The molecule has 17 heavy (non-hydrogen) atoms. The zero-order valence-corrected chi connectivity index (χ0v) is 9.54. The Balaban J connectivity index is 2.62. The summed E-state index contributed by atoms with van der Waals surface area (Å²) in [6.45, 7) is 3.97. The Bertz CT molecular complexity index is 376. The number of amides is 1. The lowest BCUT2D eigenvalue weighted by Gasteiger charge is -2.19. The fourth-order valence-corrected chi connectivity index (χ4v) is 1.32. The van der Waals surface area contributed by atoms with Crippen molar-refractivity contribution in [2.45, 2.75) is 6.54 Å². The van der Waals surface area contributed by atoms with Gasteiger partial charge in [0.15, 0.2) is 0 Å². The van der Waals surface area contributed by atoms with E-state index >= 15 is 0 Å². The number of hydrogen-bond acceptors (Lipinski definition) is 3. The van der Waals surface area contributed by atoms with E-state index in [-0.39, 0.29) is 13.2 Å². The lowest BCUT2D eigenvalue weighted by Crippen LogP contribution is -2.32. The third-order valence-corrected chi connectivity index (χ3v) is 2.09. The molecule has 0 aliphatic carbocycles. The van der Waals surface area contributed by atoms with Crippen LogP contribution in [0.5, 0.6) is 0 Å². The number of ether oxygens (including phenoxy) is 1. The van der Waals surface area contributed by atoms with Gasteiger partial charge in [0.1, 0.15) is 12.9 Å². The molecular weight excluding hydrogens is 218 g/mol. The zero-order valence-electron chi connectivity index (χ0n) is 9.54.